The van der Waals surface area contributed by atoms with Crippen molar-refractivity contribution < 1.29 is 29.3 Å². The highest BCUT2D eigenvalue weighted by Gasteiger charge is 2.41. The van der Waals surface area contributed by atoms with Crippen molar-refractivity contribution in [2.24, 2.45) is 0 Å². The van der Waals surface area contributed by atoms with Crippen molar-refractivity contribution in [3.63, 3.8) is 0 Å². The first kappa shape index (κ1) is 25.7. The first-order chi connectivity index (χ1) is 16.8. The van der Waals surface area contributed by atoms with E-state index >= 15 is 0 Å². The Morgan fingerprint density at radius 3 is 2.44 bits per heavy atom. The van der Waals surface area contributed by atoms with Crippen LogP contribution < -0.4 is 0 Å². The lowest BCUT2D eigenvalue weighted by Gasteiger charge is -2.44. The molecular weight excluding hydrogens is 460 g/mol. The largest absolute Gasteiger partial charge is 0.478 e. The van der Waals surface area contributed by atoms with Crippen molar-refractivity contribution in [3.8, 4) is 0 Å². The van der Waals surface area contributed by atoms with E-state index in [1.165, 1.54) is 6.07 Å². The lowest BCUT2D eigenvalue weighted by Crippen LogP contribution is -2.57. The molecule has 0 spiro atoms. The van der Waals surface area contributed by atoms with Crippen LogP contribution in [0, 0.1) is 0 Å². The third-order valence-electron chi connectivity index (χ3n) is 6.87. The maximum atomic E-state index is 13.4. The predicted molar refractivity (Wildman–Crippen MR) is 134 cm³/mol. The third kappa shape index (κ3) is 5.09. The number of benzene rings is 2. The summed E-state index contributed by atoms with van der Waals surface area (Å²) in [6.45, 7) is 9.97. The number of rotatable bonds is 4. The Morgan fingerprint density at radius 2 is 1.81 bits per heavy atom. The topological polar surface area (TPSA) is 107 Å². The van der Waals surface area contributed by atoms with Crippen LogP contribution in [-0.2, 0) is 23.1 Å². The fraction of sp³-hybridized carbons (Fsp3) is 0.464. The van der Waals surface area contributed by atoms with E-state index in [9.17, 15) is 24.6 Å². The molecule has 0 aliphatic carbocycles. The molecule has 2 aliphatic heterocycles. The normalized spacial score (nSPS) is 19.8. The first-order valence-corrected chi connectivity index (χ1v) is 12.2. The van der Waals surface area contributed by atoms with Crippen LogP contribution in [0.3, 0.4) is 0 Å². The number of ether oxygens (including phenoxy) is 1. The van der Waals surface area contributed by atoms with Gasteiger partial charge < -0.3 is 19.8 Å². The number of carboxylic acid groups (broad SMARTS) is 1. The fourth-order valence-corrected chi connectivity index (χ4v) is 5.13. The minimum Gasteiger partial charge on any atom is -0.478 e. The minimum atomic E-state index is -1.04. The van der Waals surface area contributed by atoms with Gasteiger partial charge in [0.15, 0.2) is 0 Å². The SMILES string of the molecule is CC(C)(C)OC(=O)N1Cc2ccccc2CC1C(O)CN1CC(C)(C)c2cc(C(=O)O)ccc2C1=O. The molecule has 192 valence electrons. The molecule has 2 aliphatic rings. The molecule has 0 radical (unpaired) electrons. The summed E-state index contributed by atoms with van der Waals surface area (Å²) in [4.78, 5) is 41.1. The molecule has 2 N–H and O–H groups in total. The average Bonchev–Trinajstić information content (AvgIpc) is 2.80. The molecule has 2 amide bonds. The van der Waals surface area contributed by atoms with E-state index < -0.39 is 35.2 Å². The number of β-amino-alcohol motifs (C(OH)–C–C–N with tert-alkyl or cyclic N) is 1. The fourth-order valence-electron chi connectivity index (χ4n) is 5.13. The van der Waals surface area contributed by atoms with Crippen molar-refractivity contribution >= 4 is 18.0 Å². The van der Waals surface area contributed by atoms with Gasteiger partial charge in [-0.25, -0.2) is 9.59 Å². The summed E-state index contributed by atoms with van der Waals surface area (Å²) in [5.41, 5.74) is 2.11. The lowest BCUT2D eigenvalue weighted by molar-refractivity contribution is -0.0193. The van der Waals surface area contributed by atoms with Crippen LogP contribution in [0.25, 0.3) is 0 Å². The van der Waals surface area contributed by atoms with Crippen LogP contribution >= 0.6 is 0 Å². The summed E-state index contributed by atoms with van der Waals surface area (Å²) in [5.74, 6) is -1.31. The Morgan fingerprint density at radius 1 is 1.14 bits per heavy atom. The Labute approximate surface area is 211 Å². The molecule has 2 heterocycles. The third-order valence-corrected chi connectivity index (χ3v) is 6.87. The van der Waals surface area contributed by atoms with E-state index in [-0.39, 0.29) is 18.0 Å². The molecule has 0 saturated heterocycles. The zero-order valence-corrected chi connectivity index (χ0v) is 21.4. The van der Waals surface area contributed by atoms with Crippen LogP contribution in [0.15, 0.2) is 42.5 Å². The number of aliphatic hydroxyl groups excluding tert-OH is 1. The van der Waals surface area contributed by atoms with Gasteiger partial charge in [0.2, 0.25) is 0 Å². The zero-order valence-electron chi connectivity index (χ0n) is 21.4. The number of hydrogen-bond acceptors (Lipinski definition) is 5. The molecule has 2 atom stereocenters. The van der Waals surface area contributed by atoms with Crippen LogP contribution in [-0.4, -0.2) is 68.8 Å². The Hall–Kier alpha value is -3.39. The Kier molecular flexibility index (Phi) is 6.60. The van der Waals surface area contributed by atoms with Gasteiger partial charge in [-0.3, -0.25) is 9.69 Å². The van der Waals surface area contributed by atoms with Crippen molar-refractivity contribution in [1.82, 2.24) is 9.80 Å². The summed E-state index contributed by atoms with van der Waals surface area (Å²) < 4.78 is 5.64. The lowest BCUT2D eigenvalue weighted by atomic mass is 9.77. The smallest absolute Gasteiger partial charge is 0.410 e. The van der Waals surface area contributed by atoms with E-state index in [4.69, 9.17) is 4.74 Å². The number of carbonyl (C=O) groups is 3. The summed E-state index contributed by atoms with van der Waals surface area (Å²) in [5, 5.41) is 20.8. The molecule has 4 rings (SSSR count). The van der Waals surface area contributed by atoms with E-state index in [0.717, 1.165) is 11.1 Å². The summed E-state index contributed by atoms with van der Waals surface area (Å²) in [6.07, 6.45) is -1.07. The van der Waals surface area contributed by atoms with Gasteiger partial charge in [-0.2, -0.15) is 0 Å². The van der Waals surface area contributed by atoms with E-state index in [1.54, 1.807) is 42.7 Å². The first-order valence-electron chi connectivity index (χ1n) is 12.2. The van der Waals surface area contributed by atoms with Gasteiger partial charge in [0.05, 0.1) is 17.7 Å². The van der Waals surface area contributed by atoms with Gasteiger partial charge in [0.25, 0.3) is 5.91 Å². The highest BCUT2D eigenvalue weighted by Crippen LogP contribution is 2.35. The number of amides is 2. The van der Waals surface area contributed by atoms with E-state index in [2.05, 4.69) is 0 Å². The number of aromatic carboxylic acids is 1. The number of carbonyl (C=O) groups excluding carboxylic acids is 2. The van der Waals surface area contributed by atoms with Gasteiger partial charge in [-0.1, -0.05) is 38.1 Å². The van der Waals surface area contributed by atoms with Crippen LogP contribution in [0.4, 0.5) is 4.79 Å². The van der Waals surface area contributed by atoms with Crippen LogP contribution in [0.2, 0.25) is 0 Å². The molecule has 0 aromatic heterocycles. The zero-order chi connectivity index (χ0) is 26.4. The maximum absolute atomic E-state index is 13.4. The highest BCUT2D eigenvalue weighted by molar-refractivity contribution is 5.99. The van der Waals surface area contributed by atoms with E-state index in [0.29, 0.717) is 30.6 Å². The summed E-state index contributed by atoms with van der Waals surface area (Å²) in [6, 6.07) is 11.8. The second kappa shape index (κ2) is 9.24. The summed E-state index contributed by atoms with van der Waals surface area (Å²) in [7, 11) is 0. The van der Waals surface area contributed by atoms with E-state index in [1.807, 2.05) is 38.1 Å². The molecule has 8 nitrogen and oxygen atoms in total. The van der Waals surface area contributed by atoms with Gasteiger partial charge in [0, 0.05) is 30.6 Å². The number of fused-ring (bicyclic) bond motifs is 2. The maximum Gasteiger partial charge on any atom is 0.410 e. The average molecular weight is 495 g/mol. The molecule has 2 aromatic carbocycles. The van der Waals surface area contributed by atoms with Gasteiger partial charge >= 0.3 is 12.1 Å². The van der Waals surface area contributed by atoms with Gasteiger partial charge in [-0.15, -0.1) is 0 Å². The minimum absolute atomic E-state index is 0.0362. The predicted octanol–water partition coefficient (Wildman–Crippen LogP) is 3.84. The van der Waals surface area contributed by atoms with Crippen LogP contribution in [0.1, 0.15) is 72.0 Å². The van der Waals surface area contributed by atoms with Crippen LogP contribution in [0.5, 0.6) is 0 Å². The molecule has 2 aromatic rings. The molecule has 36 heavy (non-hydrogen) atoms. The standard InChI is InChI=1S/C28H34N2O6/c1-27(2,3)36-26(35)30-14-19-9-7-6-8-17(19)13-22(30)23(31)15-29-16-28(4,5)21-12-18(25(33)34)10-11-20(21)24(29)32/h6-12,22-23,31H,13-16H2,1-5H3,(H,33,34). The molecule has 2 unspecified atom stereocenters. The number of nitrogens with zero attached hydrogens (tertiary/aromatic N) is 2. The second-order valence-corrected chi connectivity index (χ2v) is 11.4. The van der Waals surface area contributed by atoms with Gasteiger partial charge in [-0.05, 0) is 62.1 Å². The molecule has 0 fully saturated rings. The number of hydrogen-bond donors (Lipinski definition) is 2. The Bertz CT molecular complexity index is 1200. The van der Waals surface area contributed by atoms with Gasteiger partial charge in [0.1, 0.15) is 5.60 Å². The molecule has 8 heteroatoms. The molecule has 0 bridgehead atoms. The summed E-state index contributed by atoms with van der Waals surface area (Å²) >= 11 is 0. The molecule has 0 saturated carbocycles. The molecular formula is C28H34N2O6. The second-order valence-electron chi connectivity index (χ2n) is 11.4. The number of carboxylic acids is 1. The number of aliphatic hydroxyl groups is 1. The van der Waals surface area contributed by atoms with Crippen molar-refractivity contribution in [2.75, 3.05) is 13.1 Å². The quantitative estimate of drug-likeness (QED) is 0.669. The monoisotopic (exact) mass is 494 g/mol. The highest BCUT2D eigenvalue weighted by atomic mass is 16.6. The van der Waals surface area contributed by atoms with Crippen molar-refractivity contribution in [1.29, 1.82) is 0 Å². The Balaban J connectivity index is 1.60. The van der Waals surface area contributed by atoms with Crippen molar-refractivity contribution in [3.05, 3.63) is 70.3 Å². The van der Waals surface area contributed by atoms with Crippen molar-refractivity contribution in [2.45, 2.75) is 70.7 Å².